The first-order chi connectivity index (χ1) is 8.89. The van der Waals surface area contributed by atoms with Gasteiger partial charge in [0.25, 0.3) is 0 Å². The van der Waals surface area contributed by atoms with E-state index < -0.39 is 41.8 Å². The molecule has 1 heterocycles. The maximum atomic E-state index is 13.1. The summed E-state index contributed by atoms with van der Waals surface area (Å²) in [6, 6.07) is 0. The molecule has 0 N–H and O–H groups in total. The van der Waals surface area contributed by atoms with Crippen LogP contribution >= 0.6 is 0 Å². The molecule has 4 nitrogen and oxygen atoms in total. The van der Waals surface area contributed by atoms with Crippen LogP contribution < -0.4 is 0 Å². The lowest BCUT2D eigenvalue weighted by Crippen LogP contribution is -2.45. The first kappa shape index (κ1) is 12.5. The Kier molecular flexibility index (Phi) is 2.62. The van der Waals surface area contributed by atoms with Crippen LogP contribution in [0.5, 0.6) is 0 Å². The number of alkyl halides is 3. The topological polar surface area (TPSA) is 46.6 Å². The molecule has 0 unspecified atom stereocenters. The number of imide groups is 1. The van der Waals surface area contributed by atoms with Crippen molar-refractivity contribution in [3.05, 3.63) is 12.2 Å². The van der Waals surface area contributed by atoms with E-state index in [4.69, 9.17) is 0 Å². The minimum Gasteiger partial charge on any atom is -0.447 e. The summed E-state index contributed by atoms with van der Waals surface area (Å²) in [6.45, 7) is 0.0950. The zero-order valence-corrected chi connectivity index (χ0v) is 9.89. The highest BCUT2D eigenvalue weighted by Crippen LogP contribution is 2.54. The third kappa shape index (κ3) is 1.82. The molecule has 7 heteroatoms. The molecule has 2 fully saturated rings. The Hall–Kier alpha value is -1.53. The zero-order valence-electron chi connectivity index (χ0n) is 9.89. The number of rotatable bonds is 1. The molecule has 4 atom stereocenters. The largest absolute Gasteiger partial charge is 0.447 e. The highest BCUT2D eigenvalue weighted by atomic mass is 19.4. The molecule has 2 bridgehead atoms. The number of carbonyl (C=O) groups excluding carboxylic acids is 2. The van der Waals surface area contributed by atoms with Crippen molar-refractivity contribution in [2.75, 3.05) is 13.2 Å². The molecule has 1 saturated carbocycles. The van der Waals surface area contributed by atoms with Crippen LogP contribution in [0, 0.1) is 23.7 Å². The average molecular weight is 275 g/mol. The average Bonchev–Trinajstić information content (AvgIpc) is 3.00. The van der Waals surface area contributed by atoms with Gasteiger partial charge in [0.15, 0.2) is 0 Å². The molecule has 3 aliphatic rings. The molecule has 0 aromatic rings. The Balaban J connectivity index is 1.88. The number of halogens is 3. The lowest BCUT2D eigenvalue weighted by molar-refractivity contribution is -0.196. The minimum atomic E-state index is -4.42. The summed E-state index contributed by atoms with van der Waals surface area (Å²) in [4.78, 5) is 24.3. The Morgan fingerprint density at radius 1 is 1.32 bits per heavy atom. The molecular formula is C12H12F3NO3. The molecule has 19 heavy (non-hydrogen) atoms. The predicted octanol–water partition coefficient (Wildman–Crippen LogP) is 1.97. The van der Waals surface area contributed by atoms with E-state index in [0.717, 1.165) is 4.90 Å². The van der Waals surface area contributed by atoms with Crippen LogP contribution in [0.1, 0.15) is 6.42 Å². The number of hydrogen-bond acceptors (Lipinski definition) is 3. The van der Waals surface area contributed by atoms with Gasteiger partial charge in [-0.05, 0) is 18.3 Å². The van der Waals surface area contributed by atoms with Crippen molar-refractivity contribution in [3.63, 3.8) is 0 Å². The van der Waals surface area contributed by atoms with Gasteiger partial charge in [-0.3, -0.25) is 4.79 Å². The van der Waals surface area contributed by atoms with Gasteiger partial charge in [-0.15, -0.1) is 0 Å². The molecule has 104 valence electrons. The number of ether oxygens (including phenoxy) is 1. The summed E-state index contributed by atoms with van der Waals surface area (Å²) < 4.78 is 43.9. The monoisotopic (exact) mass is 275 g/mol. The van der Waals surface area contributed by atoms with Gasteiger partial charge in [-0.1, -0.05) is 12.2 Å². The minimum absolute atomic E-state index is 0.0415. The standard InChI is InChI=1S/C12H12F3NO3/c13-12(14,15)9-7-2-1-6(5-7)8(9)10(17)16-3-4-19-11(16)18/h1-2,6-9H,3-5H2/t6-,7+,8-,9-/m1/s1. The van der Waals surface area contributed by atoms with E-state index in [9.17, 15) is 22.8 Å². The Bertz CT molecular complexity index is 460. The number of allylic oxidation sites excluding steroid dienone is 2. The fourth-order valence-electron chi connectivity index (χ4n) is 3.38. The molecule has 2 aliphatic carbocycles. The fourth-order valence-corrected chi connectivity index (χ4v) is 3.38. The first-order valence-electron chi connectivity index (χ1n) is 6.13. The highest BCUT2D eigenvalue weighted by molar-refractivity contribution is 5.95. The van der Waals surface area contributed by atoms with Crippen molar-refractivity contribution in [2.24, 2.45) is 23.7 Å². The second-order valence-electron chi connectivity index (χ2n) is 5.15. The number of hydrogen-bond donors (Lipinski definition) is 0. The number of carbonyl (C=O) groups is 2. The molecular weight excluding hydrogens is 263 g/mol. The van der Waals surface area contributed by atoms with E-state index in [2.05, 4.69) is 4.74 Å². The van der Waals surface area contributed by atoms with Crippen LogP contribution in [0.15, 0.2) is 12.2 Å². The van der Waals surface area contributed by atoms with Gasteiger partial charge in [-0.2, -0.15) is 13.2 Å². The van der Waals surface area contributed by atoms with Crippen molar-refractivity contribution in [1.82, 2.24) is 4.90 Å². The second-order valence-corrected chi connectivity index (χ2v) is 5.15. The van der Waals surface area contributed by atoms with Gasteiger partial charge in [0.05, 0.1) is 18.4 Å². The van der Waals surface area contributed by atoms with Crippen molar-refractivity contribution in [2.45, 2.75) is 12.6 Å². The Morgan fingerprint density at radius 2 is 2.00 bits per heavy atom. The number of nitrogens with zero attached hydrogens (tertiary/aromatic N) is 1. The molecule has 0 radical (unpaired) electrons. The molecule has 1 aliphatic heterocycles. The van der Waals surface area contributed by atoms with E-state index in [1.165, 1.54) is 6.08 Å². The van der Waals surface area contributed by atoms with Crippen LogP contribution in [0.25, 0.3) is 0 Å². The van der Waals surface area contributed by atoms with E-state index in [0.29, 0.717) is 6.42 Å². The van der Waals surface area contributed by atoms with Gasteiger partial charge < -0.3 is 4.74 Å². The molecule has 1 saturated heterocycles. The summed E-state index contributed by atoms with van der Waals surface area (Å²) in [5, 5.41) is 0. The maximum absolute atomic E-state index is 13.1. The maximum Gasteiger partial charge on any atom is 0.416 e. The van der Waals surface area contributed by atoms with Crippen molar-refractivity contribution < 1.29 is 27.5 Å². The van der Waals surface area contributed by atoms with Crippen LogP contribution in [0.4, 0.5) is 18.0 Å². The van der Waals surface area contributed by atoms with Gasteiger partial charge in [0, 0.05) is 0 Å². The van der Waals surface area contributed by atoms with Crippen LogP contribution in [0.3, 0.4) is 0 Å². The molecule has 0 aromatic heterocycles. The fraction of sp³-hybridized carbons (Fsp3) is 0.667. The van der Waals surface area contributed by atoms with Crippen molar-refractivity contribution >= 4 is 12.0 Å². The quantitative estimate of drug-likeness (QED) is 0.687. The molecule has 0 spiro atoms. The SMILES string of the molecule is O=C1OCCN1C(=O)[C@H]1[C@H](C(F)(F)F)[C@H]2C=C[C@@H]1C2. The normalized spacial score (nSPS) is 37.0. The number of amides is 2. The molecule has 3 rings (SSSR count). The van der Waals surface area contributed by atoms with E-state index in [-0.39, 0.29) is 13.2 Å². The number of cyclic esters (lactones) is 1. The van der Waals surface area contributed by atoms with Gasteiger partial charge in [-0.25, -0.2) is 9.69 Å². The van der Waals surface area contributed by atoms with E-state index in [1.807, 2.05) is 0 Å². The summed E-state index contributed by atoms with van der Waals surface area (Å²) >= 11 is 0. The summed E-state index contributed by atoms with van der Waals surface area (Å²) in [5.41, 5.74) is 0. The van der Waals surface area contributed by atoms with Gasteiger partial charge in [0.2, 0.25) is 5.91 Å². The van der Waals surface area contributed by atoms with Gasteiger partial charge >= 0.3 is 12.3 Å². The van der Waals surface area contributed by atoms with Crippen molar-refractivity contribution in [3.8, 4) is 0 Å². The summed E-state index contributed by atoms with van der Waals surface area (Å²) in [6.07, 6.45) is -1.72. The third-order valence-electron chi connectivity index (χ3n) is 4.15. The highest BCUT2D eigenvalue weighted by Gasteiger charge is 2.60. The van der Waals surface area contributed by atoms with Crippen LogP contribution in [-0.2, 0) is 9.53 Å². The lowest BCUT2D eigenvalue weighted by Gasteiger charge is -2.30. The smallest absolute Gasteiger partial charge is 0.416 e. The van der Waals surface area contributed by atoms with Crippen LogP contribution in [0.2, 0.25) is 0 Å². The third-order valence-corrected chi connectivity index (χ3v) is 4.15. The van der Waals surface area contributed by atoms with Crippen LogP contribution in [-0.4, -0.2) is 36.2 Å². The lowest BCUT2D eigenvalue weighted by atomic mass is 9.81. The predicted molar refractivity (Wildman–Crippen MR) is 56.8 cm³/mol. The molecule has 2 amide bonds. The zero-order chi connectivity index (χ0) is 13.8. The first-order valence-corrected chi connectivity index (χ1v) is 6.13. The molecule has 0 aromatic carbocycles. The summed E-state index contributed by atoms with van der Waals surface area (Å²) in [7, 11) is 0. The Labute approximate surface area is 107 Å². The van der Waals surface area contributed by atoms with E-state index >= 15 is 0 Å². The number of fused-ring (bicyclic) bond motifs is 2. The Morgan fingerprint density at radius 3 is 2.58 bits per heavy atom. The van der Waals surface area contributed by atoms with E-state index in [1.54, 1.807) is 6.08 Å². The van der Waals surface area contributed by atoms with Gasteiger partial charge in [0.1, 0.15) is 6.61 Å². The summed E-state index contributed by atoms with van der Waals surface area (Å²) in [5.74, 6) is -4.67. The second kappa shape index (κ2) is 3.98. The van der Waals surface area contributed by atoms with Crippen molar-refractivity contribution in [1.29, 1.82) is 0 Å².